The van der Waals surface area contributed by atoms with E-state index in [1.807, 2.05) is 21.9 Å². The van der Waals surface area contributed by atoms with Crippen LogP contribution in [-0.4, -0.2) is 60.4 Å². The molecule has 124 valence electrons. The zero-order chi connectivity index (χ0) is 16.2. The summed E-state index contributed by atoms with van der Waals surface area (Å²) in [7, 11) is 0. The van der Waals surface area contributed by atoms with Gasteiger partial charge < -0.3 is 16.0 Å². The van der Waals surface area contributed by atoms with Crippen molar-refractivity contribution in [1.82, 2.24) is 15.1 Å². The van der Waals surface area contributed by atoms with Gasteiger partial charge in [0.05, 0.1) is 6.04 Å². The second-order valence-corrected chi connectivity index (χ2v) is 6.24. The Labute approximate surface area is 136 Å². The van der Waals surface area contributed by atoms with Crippen molar-refractivity contribution < 1.29 is 9.59 Å². The number of primary amides is 1. The van der Waals surface area contributed by atoms with Gasteiger partial charge in [0, 0.05) is 45.7 Å². The molecule has 1 unspecified atom stereocenters. The van der Waals surface area contributed by atoms with Crippen LogP contribution in [0.25, 0.3) is 0 Å². The minimum atomic E-state index is -0.319. The maximum absolute atomic E-state index is 12.3. The van der Waals surface area contributed by atoms with E-state index < -0.39 is 0 Å². The number of hydrogen-bond donors (Lipinski definition) is 2. The summed E-state index contributed by atoms with van der Waals surface area (Å²) in [5.74, 6) is -0.150. The lowest BCUT2D eigenvalue weighted by atomic mass is 9.93. The lowest BCUT2D eigenvalue weighted by Crippen LogP contribution is -2.50. The van der Waals surface area contributed by atoms with Crippen LogP contribution in [0.3, 0.4) is 0 Å². The number of carbonyl (C=O) groups excluding carboxylic acids is 2. The van der Waals surface area contributed by atoms with Crippen molar-refractivity contribution in [2.45, 2.75) is 25.4 Å². The Kier molecular flexibility index (Phi) is 4.93. The number of nitrogens with one attached hydrogen (secondary N) is 1. The lowest BCUT2D eigenvalue weighted by Gasteiger charge is -2.35. The van der Waals surface area contributed by atoms with Crippen molar-refractivity contribution in [1.29, 1.82) is 0 Å². The normalized spacial score (nSPS) is 21.7. The summed E-state index contributed by atoms with van der Waals surface area (Å²) >= 11 is 0. The number of carbonyl (C=O) groups is 2. The fourth-order valence-electron chi connectivity index (χ4n) is 3.40. The van der Waals surface area contributed by atoms with E-state index in [1.54, 1.807) is 0 Å². The van der Waals surface area contributed by atoms with Crippen molar-refractivity contribution in [2.24, 2.45) is 5.73 Å². The highest BCUT2D eigenvalue weighted by Gasteiger charge is 2.30. The van der Waals surface area contributed by atoms with E-state index in [-0.39, 0.29) is 17.9 Å². The van der Waals surface area contributed by atoms with Gasteiger partial charge in [-0.3, -0.25) is 14.5 Å². The van der Waals surface area contributed by atoms with E-state index in [0.29, 0.717) is 25.9 Å². The third-order valence-corrected chi connectivity index (χ3v) is 4.76. The van der Waals surface area contributed by atoms with Crippen LogP contribution in [0.15, 0.2) is 24.3 Å². The zero-order valence-electron chi connectivity index (χ0n) is 13.3. The molecule has 0 spiro atoms. The molecule has 0 bridgehead atoms. The predicted molar refractivity (Wildman–Crippen MR) is 87.6 cm³/mol. The first kappa shape index (κ1) is 16.0. The maximum Gasteiger partial charge on any atom is 0.235 e. The van der Waals surface area contributed by atoms with E-state index in [2.05, 4.69) is 17.4 Å². The van der Waals surface area contributed by atoms with Crippen LogP contribution in [0, 0.1) is 0 Å². The fraction of sp³-hybridized carbons (Fsp3) is 0.529. The number of benzene rings is 1. The average Bonchev–Trinajstić information content (AvgIpc) is 2.59. The summed E-state index contributed by atoms with van der Waals surface area (Å²) in [5.41, 5.74) is 7.98. The molecule has 2 heterocycles. The summed E-state index contributed by atoms with van der Waals surface area (Å²) in [6.07, 6.45) is 1.07. The summed E-state index contributed by atoms with van der Waals surface area (Å²) in [6.45, 7) is 4.49. The predicted octanol–water partition coefficient (Wildman–Crippen LogP) is -0.279. The third-order valence-electron chi connectivity index (χ3n) is 4.76. The third kappa shape index (κ3) is 3.71. The summed E-state index contributed by atoms with van der Waals surface area (Å²) in [6, 6.07) is 7.81. The van der Waals surface area contributed by atoms with Crippen LogP contribution in [0.4, 0.5) is 0 Å². The molecule has 23 heavy (non-hydrogen) atoms. The van der Waals surface area contributed by atoms with Crippen LogP contribution < -0.4 is 11.1 Å². The molecule has 3 N–H and O–H groups in total. The van der Waals surface area contributed by atoms with Gasteiger partial charge in [0.1, 0.15) is 0 Å². The molecule has 0 aromatic heterocycles. The molecule has 2 aliphatic heterocycles. The molecule has 1 fully saturated rings. The standard InChI is InChI=1S/C17H24N4O2/c18-17(23)15-11-13-3-1-2-4-14(13)12-21(15)8-5-16(22)20-9-6-19-7-10-20/h1-4,15,19H,5-12H2,(H2,18,23). The number of amides is 2. The highest BCUT2D eigenvalue weighted by molar-refractivity contribution is 5.81. The van der Waals surface area contributed by atoms with E-state index >= 15 is 0 Å². The van der Waals surface area contributed by atoms with Crippen molar-refractivity contribution in [2.75, 3.05) is 32.7 Å². The molecule has 3 rings (SSSR count). The molecule has 6 heteroatoms. The van der Waals surface area contributed by atoms with Gasteiger partial charge in [0.2, 0.25) is 11.8 Å². The first-order valence-corrected chi connectivity index (χ1v) is 8.24. The van der Waals surface area contributed by atoms with E-state index in [0.717, 1.165) is 26.2 Å². The van der Waals surface area contributed by atoms with Crippen LogP contribution in [0.2, 0.25) is 0 Å². The van der Waals surface area contributed by atoms with Crippen LogP contribution >= 0.6 is 0 Å². The number of piperazine rings is 1. The lowest BCUT2D eigenvalue weighted by molar-refractivity contribution is -0.133. The summed E-state index contributed by atoms with van der Waals surface area (Å²) < 4.78 is 0. The Morgan fingerprint density at radius 3 is 2.57 bits per heavy atom. The highest BCUT2D eigenvalue weighted by Crippen LogP contribution is 2.23. The summed E-state index contributed by atoms with van der Waals surface area (Å²) in [5, 5.41) is 3.24. The second-order valence-electron chi connectivity index (χ2n) is 6.24. The molecule has 1 aromatic carbocycles. The smallest absolute Gasteiger partial charge is 0.235 e. The Hall–Kier alpha value is -1.92. The Balaban J connectivity index is 1.63. The first-order chi connectivity index (χ1) is 11.1. The fourth-order valence-corrected chi connectivity index (χ4v) is 3.40. The largest absolute Gasteiger partial charge is 0.368 e. The van der Waals surface area contributed by atoms with Crippen molar-refractivity contribution in [3.63, 3.8) is 0 Å². The van der Waals surface area contributed by atoms with Gasteiger partial charge >= 0.3 is 0 Å². The second kappa shape index (κ2) is 7.10. The average molecular weight is 316 g/mol. The Morgan fingerprint density at radius 1 is 1.17 bits per heavy atom. The zero-order valence-corrected chi connectivity index (χ0v) is 13.3. The van der Waals surface area contributed by atoms with Gasteiger partial charge in [-0.25, -0.2) is 0 Å². The number of nitrogens with zero attached hydrogens (tertiary/aromatic N) is 2. The van der Waals surface area contributed by atoms with Gasteiger partial charge in [-0.15, -0.1) is 0 Å². The number of hydrogen-bond acceptors (Lipinski definition) is 4. The van der Waals surface area contributed by atoms with Crippen molar-refractivity contribution >= 4 is 11.8 Å². The molecule has 0 saturated carbocycles. The van der Waals surface area contributed by atoms with Gasteiger partial charge in [-0.05, 0) is 17.5 Å². The Bertz CT molecular complexity index is 584. The van der Waals surface area contributed by atoms with Crippen molar-refractivity contribution in [3.05, 3.63) is 35.4 Å². The number of rotatable bonds is 4. The quantitative estimate of drug-likeness (QED) is 0.801. The molecule has 1 aromatic rings. The summed E-state index contributed by atoms with van der Waals surface area (Å²) in [4.78, 5) is 28.1. The molecule has 6 nitrogen and oxygen atoms in total. The van der Waals surface area contributed by atoms with Crippen molar-refractivity contribution in [3.8, 4) is 0 Å². The number of fused-ring (bicyclic) bond motifs is 1. The van der Waals surface area contributed by atoms with Gasteiger partial charge in [0.25, 0.3) is 0 Å². The van der Waals surface area contributed by atoms with E-state index in [1.165, 1.54) is 11.1 Å². The van der Waals surface area contributed by atoms with Gasteiger partial charge in [0.15, 0.2) is 0 Å². The molecule has 1 saturated heterocycles. The molecular weight excluding hydrogens is 292 g/mol. The molecule has 2 aliphatic rings. The van der Waals surface area contributed by atoms with E-state index in [4.69, 9.17) is 5.73 Å². The SMILES string of the molecule is NC(=O)C1Cc2ccccc2CN1CCC(=O)N1CCNCC1. The minimum absolute atomic E-state index is 0.161. The molecule has 2 amide bonds. The monoisotopic (exact) mass is 316 g/mol. The van der Waals surface area contributed by atoms with Crippen LogP contribution in [-0.2, 0) is 22.6 Å². The topological polar surface area (TPSA) is 78.7 Å². The first-order valence-electron chi connectivity index (χ1n) is 8.24. The van der Waals surface area contributed by atoms with Crippen LogP contribution in [0.5, 0.6) is 0 Å². The van der Waals surface area contributed by atoms with Gasteiger partial charge in [-0.1, -0.05) is 24.3 Å². The molecule has 0 radical (unpaired) electrons. The number of nitrogens with two attached hydrogens (primary N) is 1. The molecule has 1 atom stereocenters. The van der Waals surface area contributed by atoms with E-state index in [9.17, 15) is 9.59 Å². The molecular formula is C17H24N4O2. The van der Waals surface area contributed by atoms with Crippen LogP contribution in [0.1, 0.15) is 17.5 Å². The maximum atomic E-state index is 12.3. The molecule has 0 aliphatic carbocycles. The minimum Gasteiger partial charge on any atom is -0.368 e. The Morgan fingerprint density at radius 2 is 1.87 bits per heavy atom. The van der Waals surface area contributed by atoms with Gasteiger partial charge in [-0.2, -0.15) is 0 Å². The highest BCUT2D eigenvalue weighted by atomic mass is 16.2.